The van der Waals surface area contributed by atoms with E-state index < -0.39 is 11.7 Å². The van der Waals surface area contributed by atoms with Gasteiger partial charge < -0.3 is 10.2 Å². The third-order valence-corrected chi connectivity index (χ3v) is 8.70. The van der Waals surface area contributed by atoms with Crippen LogP contribution < -0.4 is 5.11 Å². The lowest BCUT2D eigenvalue weighted by Gasteiger charge is -2.12. The highest BCUT2D eigenvalue weighted by Crippen LogP contribution is 2.33. The van der Waals surface area contributed by atoms with E-state index in [-0.39, 0.29) is 16.5 Å². The minimum atomic E-state index is -1.18. The molecular weight excluding hydrogens is 488 g/mol. The van der Waals surface area contributed by atoms with Crippen LogP contribution in [0.5, 0.6) is 5.75 Å². The molecule has 38 heavy (non-hydrogen) atoms. The number of rotatable bonds is 7. The smallest absolute Gasteiger partial charge is 0.335 e. The zero-order chi connectivity index (χ0) is 27.8. The summed E-state index contributed by atoms with van der Waals surface area (Å²) >= 11 is 0. The Kier molecular flexibility index (Phi) is 10.2. The quantitative estimate of drug-likeness (QED) is 0.245. The predicted molar refractivity (Wildman–Crippen MR) is 157 cm³/mol. The molecule has 0 radical (unpaired) electrons. The van der Waals surface area contributed by atoms with E-state index in [1.165, 1.54) is 55.6 Å². The summed E-state index contributed by atoms with van der Waals surface area (Å²) in [6.45, 7) is 13.5. The van der Waals surface area contributed by atoms with Gasteiger partial charge in [0.1, 0.15) is 0 Å². The second kappa shape index (κ2) is 13.3. The van der Waals surface area contributed by atoms with Crippen LogP contribution in [-0.2, 0) is 10.9 Å². The number of carboxylic acid groups (broad SMARTS) is 1. The molecule has 0 saturated heterocycles. The van der Waals surface area contributed by atoms with Crippen molar-refractivity contribution in [3.63, 3.8) is 0 Å². The fourth-order valence-corrected chi connectivity index (χ4v) is 6.06. The molecule has 1 N–H and O–H groups in total. The second-order valence-corrected chi connectivity index (χ2v) is 12.3. The van der Waals surface area contributed by atoms with Crippen LogP contribution in [0.25, 0.3) is 0 Å². The van der Waals surface area contributed by atoms with Crippen molar-refractivity contribution in [2.24, 2.45) is 0 Å². The van der Waals surface area contributed by atoms with Gasteiger partial charge in [0.15, 0.2) is 14.7 Å². The van der Waals surface area contributed by atoms with E-state index in [4.69, 9.17) is 5.11 Å². The minimum Gasteiger partial charge on any atom is -0.872 e. The molecule has 0 unspecified atom stereocenters. The number of hydrogen-bond acceptors (Lipinski definition) is 2. The van der Waals surface area contributed by atoms with Crippen LogP contribution in [0, 0.1) is 0 Å². The molecule has 0 aliphatic heterocycles. The molecule has 0 aliphatic carbocycles. The van der Waals surface area contributed by atoms with Crippen molar-refractivity contribution in [2.45, 2.75) is 74.0 Å². The first-order valence-corrected chi connectivity index (χ1v) is 14.3. The van der Waals surface area contributed by atoms with Crippen LogP contribution in [0.4, 0.5) is 0 Å². The van der Waals surface area contributed by atoms with Gasteiger partial charge in [0.05, 0.1) is 16.5 Å². The Morgan fingerprint density at radius 3 is 1.13 bits per heavy atom. The lowest BCUT2D eigenvalue weighted by molar-refractivity contribution is -0.268. The van der Waals surface area contributed by atoms with E-state index in [9.17, 15) is 9.90 Å². The van der Waals surface area contributed by atoms with E-state index in [2.05, 4.69) is 114 Å². The van der Waals surface area contributed by atoms with Crippen LogP contribution in [0.1, 0.15) is 86.3 Å². The highest BCUT2D eigenvalue weighted by Gasteiger charge is 2.29. The van der Waals surface area contributed by atoms with E-state index in [1.54, 1.807) is 0 Å². The Morgan fingerprint density at radius 2 is 0.895 bits per heavy atom. The van der Waals surface area contributed by atoms with Gasteiger partial charge in [-0.3, -0.25) is 0 Å². The number of hydrogen-bond donors (Lipinski definition) is 1. The molecular formula is C34H38O3S. The molecule has 198 valence electrons. The molecule has 0 atom stereocenters. The van der Waals surface area contributed by atoms with Gasteiger partial charge in [0.25, 0.3) is 0 Å². The number of carboxylic acids is 1. The molecule has 0 spiro atoms. The van der Waals surface area contributed by atoms with E-state index in [0.29, 0.717) is 17.8 Å². The van der Waals surface area contributed by atoms with Crippen LogP contribution >= 0.6 is 0 Å². The molecule has 4 aromatic rings. The lowest BCUT2D eigenvalue weighted by Crippen LogP contribution is -2.06. The third kappa shape index (κ3) is 7.52. The first kappa shape index (κ1) is 29.1. The Balaban J connectivity index is 0.000000336. The van der Waals surface area contributed by atoms with Crippen LogP contribution in [0.3, 0.4) is 0 Å². The number of aromatic carboxylic acids is 1. The maximum Gasteiger partial charge on any atom is 0.335 e. The molecule has 0 saturated carbocycles. The molecule has 0 aromatic heterocycles. The molecule has 0 aliphatic rings. The van der Waals surface area contributed by atoms with Crippen LogP contribution in [0.2, 0.25) is 0 Å². The highest BCUT2D eigenvalue weighted by atomic mass is 32.2. The van der Waals surface area contributed by atoms with Crippen molar-refractivity contribution in [1.29, 1.82) is 0 Å². The molecule has 0 fully saturated rings. The Morgan fingerprint density at radius 1 is 0.579 bits per heavy atom. The van der Waals surface area contributed by atoms with Gasteiger partial charge in [-0.05, 0) is 76.9 Å². The average molecular weight is 527 g/mol. The fraction of sp³-hybridized carbons (Fsp3) is 0.265. The van der Waals surface area contributed by atoms with Crippen molar-refractivity contribution in [3.8, 4) is 5.75 Å². The monoisotopic (exact) mass is 526 g/mol. The first-order valence-electron chi connectivity index (χ1n) is 13.1. The Bertz CT molecular complexity index is 1180. The zero-order valence-corrected chi connectivity index (χ0v) is 24.0. The molecule has 4 heteroatoms. The standard InChI is InChI=1S/C27H33S.C7H6O3/c1-19(2)22-7-13-25(14-8-22)28(26-15-9-23(10-16-26)20(3)4)27-17-11-24(12-18-27)21(5)6;8-6-4-2-1-3-5(6)7(9)10/h7-21H,1-6H3;1-4,8H,(H,9,10)/q+1;/p-1. The number of para-hydroxylation sites is 1. The number of benzene rings is 4. The van der Waals surface area contributed by atoms with Crippen LogP contribution in [-0.4, -0.2) is 11.1 Å². The van der Waals surface area contributed by atoms with Crippen molar-refractivity contribution in [1.82, 2.24) is 0 Å². The average Bonchev–Trinajstić information content (AvgIpc) is 2.90. The van der Waals surface area contributed by atoms with E-state index in [0.717, 1.165) is 0 Å². The third-order valence-electron chi connectivity index (χ3n) is 6.46. The summed E-state index contributed by atoms with van der Waals surface area (Å²) in [4.78, 5) is 14.4. The maximum absolute atomic E-state index is 10.7. The van der Waals surface area contributed by atoms with E-state index in [1.807, 2.05) is 0 Å². The van der Waals surface area contributed by atoms with Gasteiger partial charge in [-0.1, -0.05) is 102 Å². The van der Waals surface area contributed by atoms with Crippen molar-refractivity contribution in [2.75, 3.05) is 0 Å². The van der Waals surface area contributed by atoms with Gasteiger partial charge in [-0.25, -0.2) is 4.79 Å². The summed E-state index contributed by atoms with van der Waals surface area (Å²) < 4.78 is 0. The largest absolute Gasteiger partial charge is 0.872 e. The molecule has 4 rings (SSSR count). The Hall–Kier alpha value is -3.50. The SMILES string of the molecule is CC(C)c1ccc([S+](c2ccc(C(C)C)cc2)c2ccc(C(C)C)cc2)cc1.O=C(O)c1ccccc1[O-]. The maximum atomic E-state index is 10.7. The number of carbonyl (C=O) groups is 1. The highest BCUT2D eigenvalue weighted by molar-refractivity contribution is 7.97. The van der Waals surface area contributed by atoms with Gasteiger partial charge in [0.2, 0.25) is 0 Å². The second-order valence-electron chi connectivity index (χ2n) is 10.3. The lowest BCUT2D eigenvalue weighted by atomic mass is 10.0. The van der Waals surface area contributed by atoms with Crippen molar-refractivity contribution < 1.29 is 15.0 Å². The summed E-state index contributed by atoms with van der Waals surface area (Å²) in [5.74, 6) is 0.0602. The molecule has 4 aromatic carbocycles. The Labute approximate surface area is 230 Å². The summed E-state index contributed by atoms with van der Waals surface area (Å²) in [6.07, 6.45) is 0. The normalized spacial score (nSPS) is 11.1. The van der Waals surface area contributed by atoms with Gasteiger partial charge >= 0.3 is 5.97 Å². The first-order chi connectivity index (χ1) is 18.1. The molecule has 0 heterocycles. The van der Waals surface area contributed by atoms with E-state index >= 15 is 0 Å². The summed E-state index contributed by atoms with van der Waals surface area (Å²) in [6, 6.07) is 33.3. The summed E-state index contributed by atoms with van der Waals surface area (Å²) in [5, 5.41) is 19.0. The molecule has 0 bridgehead atoms. The topological polar surface area (TPSA) is 60.4 Å². The summed E-state index contributed by atoms with van der Waals surface area (Å²) in [5.41, 5.74) is 4.02. The fourth-order valence-electron chi connectivity index (χ4n) is 4.02. The predicted octanol–water partition coefficient (Wildman–Crippen LogP) is 8.61. The van der Waals surface area contributed by atoms with Crippen molar-refractivity contribution in [3.05, 3.63) is 119 Å². The summed E-state index contributed by atoms with van der Waals surface area (Å²) in [7, 11) is -0.0791. The van der Waals surface area contributed by atoms with Crippen molar-refractivity contribution >= 4 is 16.9 Å². The zero-order valence-electron chi connectivity index (χ0n) is 23.1. The minimum absolute atomic E-state index is 0.0791. The van der Waals surface area contributed by atoms with Gasteiger partial charge in [-0.2, -0.15) is 0 Å². The molecule has 0 amide bonds. The van der Waals surface area contributed by atoms with Gasteiger partial charge in [-0.15, -0.1) is 0 Å². The van der Waals surface area contributed by atoms with Gasteiger partial charge in [0, 0.05) is 0 Å². The molecule has 3 nitrogen and oxygen atoms in total. The van der Waals surface area contributed by atoms with Crippen LogP contribution in [0.15, 0.2) is 112 Å².